The van der Waals surface area contributed by atoms with Gasteiger partial charge in [0, 0.05) is 6.20 Å². The van der Waals surface area contributed by atoms with Gasteiger partial charge in [-0.2, -0.15) is 0 Å². The lowest BCUT2D eigenvalue weighted by Crippen LogP contribution is -2.10. The molecule has 18 heavy (non-hydrogen) atoms. The van der Waals surface area contributed by atoms with Gasteiger partial charge >= 0.3 is 5.97 Å². The number of aromatic nitrogens is 3. The van der Waals surface area contributed by atoms with Crippen LogP contribution < -0.4 is 0 Å². The van der Waals surface area contributed by atoms with E-state index in [1.807, 2.05) is 0 Å². The molecule has 0 bridgehead atoms. The van der Waals surface area contributed by atoms with E-state index in [-0.39, 0.29) is 12.4 Å². The molecule has 0 saturated heterocycles. The standard InChI is InChI=1S/C10H8BrF2N3O2/c1-2-18-10(17)9-15-7(11)6-3-14-5(8(12)13)4-16(6)9/h3-4,8H,2H2,1H3. The molecular formula is C10H8BrF2N3O2. The number of hydrogen-bond donors (Lipinski definition) is 0. The smallest absolute Gasteiger partial charge is 0.374 e. The SMILES string of the molecule is CCOC(=O)c1nc(Br)c2cnc(C(F)F)cn12. The summed E-state index contributed by atoms with van der Waals surface area (Å²) in [4.78, 5) is 19.1. The summed E-state index contributed by atoms with van der Waals surface area (Å²) < 4.78 is 31.5. The zero-order valence-corrected chi connectivity index (χ0v) is 10.8. The Balaban J connectivity index is 2.59. The molecule has 0 amide bonds. The third-order valence-electron chi connectivity index (χ3n) is 2.18. The van der Waals surface area contributed by atoms with Crippen molar-refractivity contribution in [2.75, 3.05) is 6.61 Å². The quantitative estimate of drug-likeness (QED) is 0.816. The normalized spacial score (nSPS) is 11.2. The monoisotopic (exact) mass is 319 g/mol. The van der Waals surface area contributed by atoms with Crippen LogP contribution in [0.5, 0.6) is 0 Å². The molecule has 0 aliphatic rings. The summed E-state index contributed by atoms with van der Waals surface area (Å²) in [5.41, 5.74) is -0.0135. The van der Waals surface area contributed by atoms with Crippen LogP contribution in [0.1, 0.15) is 29.7 Å². The molecule has 0 aliphatic carbocycles. The first kappa shape index (κ1) is 12.9. The third-order valence-corrected chi connectivity index (χ3v) is 2.77. The Kier molecular flexibility index (Phi) is 3.55. The number of esters is 1. The summed E-state index contributed by atoms with van der Waals surface area (Å²) in [6, 6.07) is 0. The molecule has 0 saturated carbocycles. The lowest BCUT2D eigenvalue weighted by Gasteiger charge is -2.03. The van der Waals surface area contributed by atoms with E-state index in [2.05, 4.69) is 25.9 Å². The van der Waals surface area contributed by atoms with E-state index in [1.165, 1.54) is 10.6 Å². The van der Waals surface area contributed by atoms with Gasteiger partial charge in [-0.25, -0.2) is 18.6 Å². The molecule has 8 heteroatoms. The molecule has 2 aromatic rings. The molecule has 0 fully saturated rings. The lowest BCUT2D eigenvalue weighted by atomic mass is 10.4. The average Bonchev–Trinajstić information content (AvgIpc) is 2.67. The van der Waals surface area contributed by atoms with Gasteiger partial charge in [-0.3, -0.25) is 9.38 Å². The summed E-state index contributed by atoms with van der Waals surface area (Å²) >= 11 is 3.13. The maximum absolute atomic E-state index is 12.6. The first-order valence-corrected chi connectivity index (χ1v) is 5.82. The summed E-state index contributed by atoms with van der Waals surface area (Å²) in [5, 5.41) is 0. The second-order valence-electron chi connectivity index (χ2n) is 3.31. The van der Waals surface area contributed by atoms with Gasteiger partial charge < -0.3 is 4.74 Å². The minimum atomic E-state index is -2.72. The summed E-state index contributed by atoms with van der Waals surface area (Å²) in [6.07, 6.45) is -0.420. The fourth-order valence-electron chi connectivity index (χ4n) is 1.42. The van der Waals surface area contributed by atoms with Crippen LogP contribution in [0.15, 0.2) is 17.0 Å². The zero-order valence-electron chi connectivity index (χ0n) is 9.23. The number of alkyl halides is 2. The van der Waals surface area contributed by atoms with Crippen LogP contribution in [-0.4, -0.2) is 26.9 Å². The number of ether oxygens (including phenoxy) is 1. The Morgan fingerprint density at radius 1 is 1.61 bits per heavy atom. The van der Waals surface area contributed by atoms with Crippen molar-refractivity contribution in [2.45, 2.75) is 13.3 Å². The molecule has 0 radical (unpaired) electrons. The van der Waals surface area contributed by atoms with Gasteiger partial charge in [0.15, 0.2) is 0 Å². The molecular weight excluding hydrogens is 312 g/mol. The van der Waals surface area contributed by atoms with E-state index >= 15 is 0 Å². The predicted molar refractivity (Wildman–Crippen MR) is 61.6 cm³/mol. The molecule has 0 atom stereocenters. The summed E-state index contributed by atoms with van der Waals surface area (Å²) in [7, 11) is 0. The van der Waals surface area contributed by atoms with Crippen molar-refractivity contribution in [2.24, 2.45) is 0 Å². The number of fused-ring (bicyclic) bond motifs is 1. The van der Waals surface area contributed by atoms with Crippen molar-refractivity contribution in [3.63, 3.8) is 0 Å². The highest BCUT2D eigenvalue weighted by atomic mass is 79.9. The molecule has 2 aromatic heterocycles. The Morgan fingerprint density at radius 2 is 2.33 bits per heavy atom. The van der Waals surface area contributed by atoms with E-state index in [1.54, 1.807) is 6.92 Å². The first-order valence-electron chi connectivity index (χ1n) is 5.03. The molecule has 96 valence electrons. The van der Waals surface area contributed by atoms with E-state index in [0.29, 0.717) is 10.1 Å². The Labute approximate surface area is 109 Å². The maximum Gasteiger partial charge on any atom is 0.374 e. The average molecular weight is 320 g/mol. The first-order chi connectivity index (χ1) is 8.54. The number of imidazole rings is 1. The molecule has 0 aliphatic heterocycles. The zero-order chi connectivity index (χ0) is 13.3. The Morgan fingerprint density at radius 3 is 2.94 bits per heavy atom. The molecule has 5 nitrogen and oxygen atoms in total. The molecule has 0 N–H and O–H groups in total. The van der Waals surface area contributed by atoms with Crippen molar-refractivity contribution in [3.8, 4) is 0 Å². The molecule has 2 rings (SSSR count). The second kappa shape index (κ2) is 4.97. The van der Waals surface area contributed by atoms with Gasteiger partial charge in [-0.05, 0) is 22.9 Å². The fraction of sp³-hybridized carbons (Fsp3) is 0.300. The third kappa shape index (κ3) is 2.20. The van der Waals surface area contributed by atoms with Gasteiger partial charge in [0.2, 0.25) is 5.82 Å². The second-order valence-corrected chi connectivity index (χ2v) is 4.07. The minimum Gasteiger partial charge on any atom is -0.460 e. The lowest BCUT2D eigenvalue weighted by molar-refractivity contribution is 0.0510. The van der Waals surface area contributed by atoms with Crippen molar-refractivity contribution in [1.82, 2.24) is 14.4 Å². The molecule has 0 aromatic carbocycles. The summed E-state index contributed by atoms with van der Waals surface area (Å²) in [6.45, 7) is 1.83. The van der Waals surface area contributed by atoms with Crippen molar-refractivity contribution >= 4 is 27.4 Å². The highest BCUT2D eigenvalue weighted by Crippen LogP contribution is 2.22. The molecule has 0 spiro atoms. The van der Waals surface area contributed by atoms with Crippen LogP contribution in [-0.2, 0) is 4.74 Å². The number of hydrogen-bond acceptors (Lipinski definition) is 4. The van der Waals surface area contributed by atoms with Gasteiger partial charge in [-0.15, -0.1) is 0 Å². The number of halogens is 3. The molecule has 0 unspecified atom stereocenters. The van der Waals surface area contributed by atoms with Gasteiger partial charge in [-0.1, -0.05) is 0 Å². The van der Waals surface area contributed by atoms with Crippen LogP contribution >= 0.6 is 15.9 Å². The largest absolute Gasteiger partial charge is 0.460 e. The number of carbonyl (C=O) groups excluding carboxylic acids is 1. The highest BCUT2D eigenvalue weighted by Gasteiger charge is 2.19. The topological polar surface area (TPSA) is 56.5 Å². The van der Waals surface area contributed by atoms with Crippen LogP contribution in [0, 0.1) is 0 Å². The summed E-state index contributed by atoms with van der Waals surface area (Å²) in [5.74, 6) is -0.743. The Hall–Kier alpha value is -1.57. The Bertz CT molecular complexity index is 600. The van der Waals surface area contributed by atoms with E-state index in [4.69, 9.17) is 4.74 Å². The van der Waals surface area contributed by atoms with Gasteiger partial charge in [0.25, 0.3) is 6.43 Å². The fourth-order valence-corrected chi connectivity index (χ4v) is 1.88. The van der Waals surface area contributed by atoms with Crippen LogP contribution in [0.3, 0.4) is 0 Å². The van der Waals surface area contributed by atoms with Crippen LogP contribution in [0.4, 0.5) is 8.78 Å². The van der Waals surface area contributed by atoms with Gasteiger partial charge in [0.05, 0.1) is 18.3 Å². The van der Waals surface area contributed by atoms with Crippen LogP contribution in [0.2, 0.25) is 0 Å². The van der Waals surface area contributed by atoms with Crippen molar-refractivity contribution in [3.05, 3.63) is 28.5 Å². The minimum absolute atomic E-state index is 0.0666. The molecule has 2 heterocycles. The van der Waals surface area contributed by atoms with E-state index < -0.39 is 18.1 Å². The van der Waals surface area contributed by atoms with Gasteiger partial charge in [0.1, 0.15) is 10.3 Å². The van der Waals surface area contributed by atoms with Crippen molar-refractivity contribution < 1.29 is 18.3 Å². The van der Waals surface area contributed by atoms with E-state index in [0.717, 1.165) is 6.20 Å². The van der Waals surface area contributed by atoms with E-state index in [9.17, 15) is 13.6 Å². The predicted octanol–water partition coefficient (Wildman–Crippen LogP) is 2.61. The highest BCUT2D eigenvalue weighted by molar-refractivity contribution is 9.10. The number of rotatable bonds is 3. The van der Waals surface area contributed by atoms with Crippen molar-refractivity contribution in [1.29, 1.82) is 0 Å². The maximum atomic E-state index is 12.6. The number of carbonyl (C=O) groups is 1. The van der Waals surface area contributed by atoms with Crippen LogP contribution in [0.25, 0.3) is 5.52 Å². The number of nitrogens with zero attached hydrogens (tertiary/aromatic N) is 3.